The molecule has 6 aromatic rings. The van der Waals surface area contributed by atoms with Crippen LogP contribution in [-0.4, -0.2) is 44.9 Å². The van der Waals surface area contributed by atoms with Crippen LogP contribution in [0.1, 0.15) is 6.92 Å². The van der Waals surface area contributed by atoms with Crippen LogP contribution in [0.5, 0.6) is 0 Å². The standard InChI is InChI=1S/C41H41BP3.AsF6.H2O/c1-41(32-43(35-20-8-2-9-21-35)36-22-10-3-11-23-36)33-44(37-24-12-4-13-25-37,38-26-14-5-15-27-38)42-45(34-41,39-28-16-6-17-29-39)40-30-18-7-19-31-40;2-1(3,4,5,6)7;/h2-31H,32-34,42H2,1H3;;1H2/q+1;-1;. The van der Waals surface area contributed by atoms with E-state index in [0.29, 0.717) is 0 Å². The van der Waals surface area contributed by atoms with Crippen molar-refractivity contribution in [1.29, 1.82) is 0 Å². The van der Waals surface area contributed by atoms with Crippen molar-refractivity contribution in [2.75, 3.05) is 18.5 Å². The fourth-order valence-electron chi connectivity index (χ4n) is 8.48. The number of rotatable bonds is 8. The van der Waals surface area contributed by atoms with Gasteiger partial charge < -0.3 is 5.48 Å². The quantitative estimate of drug-likeness (QED) is 0.0835. The van der Waals surface area contributed by atoms with Gasteiger partial charge in [-0.15, -0.1) is 0 Å². The van der Waals surface area contributed by atoms with Gasteiger partial charge in [-0.25, -0.2) is 0 Å². The Hall–Kier alpha value is -3.23. The van der Waals surface area contributed by atoms with E-state index in [1.165, 1.54) is 29.1 Å². The summed E-state index contributed by atoms with van der Waals surface area (Å²) in [5.74, 6) is 0. The van der Waals surface area contributed by atoms with Crippen molar-refractivity contribution in [3.05, 3.63) is 182 Å². The molecule has 1 saturated heterocycles. The SMILES string of the molecule is CC1(CP(c2ccccc2)c2ccccc2)C[P+](c2ccccc2)(c2ccccc2)[BH2-][P+](c2ccccc2)(c2ccccc2)C1.F[As-](F)(F)(F)(F)F.O. The average molecular weight is 844 g/mol. The number of hydrogen-bond donors (Lipinski definition) is 0. The Bertz CT molecular complexity index is 1830. The monoisotopic (exact) mass is 844 g/mol. The molecule has 1 heterocycles. The summed E-state index contributed by atoms with van der Waals surface area (Å²) in [5, 5.41) is 9.44. The van der Waals surface area contributed by atoms with Crippen molar-refractivity contribution in [3.63, 3.8) is 0 Å². The number of hydrogen-bond acceptors (Lipinski definition) is 0. The fourth-order valence-corrected chi connectivity index (χ4v) is 29.4. The minimum Gasteiger partial charge on any atom is -0.412 e. The Morgan fingerprint density at radius 2 is 0.698 bits per heavy atom. The Morgan fingerprint density at radius 3 is 0.943 bits per heavy atom. The average Bonchev–Trinajstić information content (AvgIpc) is 3.14. The first-order chi connectivity index (χ1) is 24.6. The topological polar surface area (TPSA) is 31.5 Å². The minimum atomic E-state index is -11.1. The van der Waals surface area contributed by atoms with E-state index in [2.05, 4.69) is 189 Å². The first kappa shape index (κ1) is 40.9. The molecule has 2 N–H and O–H groups in total. The van der Waals surface area contributed by atoms with Crippen LogP contribution in [0.2, 0.25) is 0 Å². The van der Waals surface area contributed by atoms with Gasteiger partial charge in [0.05, 0.1) is 21.2 Å². The van der Waals surface area contributed by atoms with Gasteiger partial charge >= 0.3 is 41.7 Å². The molecular formula is C41H43AsBF6OP3. The molecule has 0 unspecified atom stereocenters. The van der Waals surface area contributed by atoms with Gasteiger partial charge in [0.1, 0.15) is 0 Å². The van der Waals surface area contributed by atoms with Gasteiger partial charge in [-0.1, -0.05) is 140 Å². The second kappa shape index (κ2) is 15.5. The number of halogens is 6. The molecule has 0 aromatic heterocycles. The van der Waals surface area contributed by atoms with Crippen LogP contribution >= 0.6 is 22.2 Å². The summed E-state index contributed by atoms with van der Waals surface area (Å²) in [6.45, 7) is 2.20. The minimum absolute atomic E-state index is 0. The summed E-state index contributed by atoms with van der Waals surface area (Å²) in [6.07, 6.45) is 3.77. The Balaban J connectivity index is 0.000000618. The third kappa shape index (κ3) is 10.7. The summed E-state index contributed by atoms with van der Waals surface area (Å²) in [6, 6.07) is 69.8. The molecule has 0 saturated carbocycles. The van der Waals surface area contributed by atoms with Crippen LogP contribution in [-0.2, 0) is 0 Å². The van der Waals surface area contributed by atoms with Gasteiger partial charge in [-0.3, -0.25) is 0 Å². The summed E-state index contributed by atoms with van der Waals surface area (Å²) in [7, 11) is -3.98. The molecule has 278 valence electrons. The molecule has 0 bridgehead atoms. The Kier molecular flexibility index (Phi) is 12.0. The van der Waals surface area contributed by atoms with Gasteiger partial charge in [-0.05, 0) is 87.5 Å². The largest absolute Gasteiger partial charge is 0.412 e. The van der Waals surface area contributed by atoms with Crippen LogP contribution < -0.4 is 31.8 Å². The van der Waals surface area contributed by atoms with Crippen LogP contribution in [0.15, 0.2) is 182 Å². The number of benzene rings is 6. The molecular weight excluding hydrogens is 801 g/mol. The maximum atomic E-state index is 9.91. The van der Waals surface area contributed by atoms with E-state index < -0.39 is 43.1 Å². The van der Waals surface area contributed by atoms with Crippen molar-refractivity contribution in [1.82, 2.24) is 0 Å². The van der Waals surface area contributed by atoms with Gasteiger partial charge in [0, 0.05) is 17.7 Å². The molecule has 0 atom stereocenters. The summed E-state index contributed by atoms with van der Waals surface area (Å²) >= 11 is -11.1. The zero-order valence-electron chi connectivity index (χ0n) is 29.5. The van der Waals surface area contributed by atoms with E-state index in [-0.39, 0.29) is 10.9 Å². The van der Waals surface area contributed by atoms with E-state index in [4.69, 9.17) is 0 Å². The van der Waals surface area contributed by atoms with E-state index in [1.54, 1.807) is 21.2 Å². The van der Waals surface area contributed by atoms with Gasteiger partial charge in [0.25, 0.3) is 0 Å². The molecule has 6 aromatic carbocycles. The van der Waals surface area contributed by atoms with Crippen LogP contribution in [0, 0.1) is 5.41 Å². The molecule has 1 aliphatic heterocycles. The molecule has 0 spiro atoms. The second-order valence-electron chi connectivity index (χ2n) is 14.3. The van der Waals surface area contributed by atoms with Crippen molar-refractivity contribution < 1.29 is 26.3 Å². The first-order valence-corrected chi connectivity index (χ1v) is 27.8. The molecule has 12 heteroatoms. The predicted octanol–water partition coefficient (Wildman–Crippen LogP) is 8.79. The van der Waals surface area contributed by atoms with Gasteiger partial charge in [0.15, 0.2) is 0 Å². The maximum absolute atomic E-state index is 11.1. The first-order valence-electron chi connectivity index (χ1n) is 17.2. The summed E-state index contributed by atoms with van der Waals surface area (Å²) < 4.78 is 59.4. The van der Waals surface area contributed by atoms with E-state index >= 15 is 0 Å². The van der Waals surface area contributed by atoms with E-state index in [0.717, 1.165) is 0 Å². The van der Waals surface area contributed by atoms with E-state index in [9.17, 15) is 20.8 Å². The van der Waals surface area contributed by atoms with E-state index in [1.807, 2.05) is 0 Å². The molecule has 1 nitrogen and oxygen atoms in total. The molecule has 7 rings (SSSR count). The zero-order valence-corrected chi connectivity index (χ0v) is 34.1. The van der Waals surface area contributed by atoms with Crippen LogP contribution in [0.4, 0.5) is 20.8 Å². The van der Waals surface area contributed by atoms with Gasteiger partial charge in [0.2, 0.25) is 0 Å². The third-order valence-corrected chi connectivity index (χ3v) is 27.0. The Labute approximate surface area is 312 Å². The molecule has 1 fully saturated rings. The van der Waals surface area contributed by atoms with Crippen molar-refractivity contribution in [2.45, 2.75) is 6.92 Å². The van der Waals surface area contributed by atoms with Crippen molar-refractivity contribution in [2.24, 2.45) is 5.41 Å². The van der Waals surface area contributed by atoms with Crippen LogP contribution in [0.25, 0.3) is 0 Å². The van der Waals surface area contributed by atoms with Crippen molar-refractivity contribution >= 4 is 74.9 Å². The molecule has 0 amide bonds. The van der Waals surface area contributed by atoms with Gasteiger partial charge in [-0.2, -0.15) is 0 Å². The predicted molar refractivity (Wildman–Crippen MR) is 224 cm³/mol. The smallest absolute Gasteiger partial charge is 0.412 e. The van der Waals surface area contributed by atoms with Crippen molar-refractivity contribution in [3.8, 4) is 0 Å². The summed E-state index contributed by atoms with van der Waals surface area (Å²) in [5.41, 5.74) is 0.151. The fraction of sp³-hybridized carbons (Fsp3) is 0.122. The normalized spacial score (nSPS) is 17.2. The Morgan fingerprint density at radius 1 is 0.472 bits per heavy atom. The molecule has 0 radical (unpaired) electrons. The third-order valence-electron chi connectivity index (χ3n) is 10.1. The maximum Gasteiger partial charge on any atom is -0.412 e. The molecule has 53 heavy (non-hydrogen) atoms. The summed E-state index contributed by atoms with van der Waals surface area (Å²) in [4.78, 5) is 0. The van der Waals surface area contributed by atoms with Crippen LogP contribution in [0.3, 0.4) is 0 Å². The zero-order chi connectivity index (χ0) is 37.0. The molecule has 0 aliphatic carbocycles. The molecule has 1 aliphatic rings. The second-order valence-corrected chi connectivity index (χ2v) is 29.6.